The Hall–Kier alpha value is 1.14. The van der Waals surface area contributed by atoms with Gasteiger partial charge in [-0.15, -0.1) is 11.8 Å². The van der Waals surface area contributed by atoms with Gasteiger partial charge in [0.15, 0.2) is 0 Å². The summed E-state index contributed by atoms with van der Waals surface area (Å²) in [4.78, 5) is 1.39. The van der Waals surface area contributed by atoms with Crippen LogP contribution in [0.4, 0.5) is 0 Å². The molecule has 0 radical (unpaired) electrons. The minimum atomic E-state index is 0. The molecule has 0 unspecified atom stereocenters. The normalized spacial score (nSPS) is 9.77. The van der Waals surface area contributed by atoms with E-state index in [9.17, 15) is 0 Å². The van der Waals surface area contributed by atoms with Crippen LogP contribution in [0.1, 0.15) is 23.1 Å². The van der Waals surface area contributed by atoms with Crippen molar-refractivity contribution in [3.8, 4) is 0 Å². The van der Waals surface area contributed by atoms with Crippen molar-refractivity contribution in [3.05, 3.63) is 30.3 Å². The van der Waals surface area contributed by atoms with E-state index >= 15 is 0 Å². The van der Waals surface area contributed by atoms with E-state index in [0.717, 1.165) is 5.92 Å². The van der Waals surface area contributed by atoms with Gasteiger partial charge >= 0.3 is 48.9 Å². The van der Waals surface area contributed by atoms with Crippen molar-refractivity contribution in [2.24, 2.45) is 5.92 Å². The number of benzene rings is 1. The first-order chi connectivity index (χ1) is 5.79. The molecule has 0 fully saturated rings. The molecule has 13 heavy (non-hydrogen) atoms. The Morgan fingerprint density at radius 1 is 1.23 bits per heavy atom. The average Bonchev–Trinajstić information content (AvgIpc) is 2.05. The van der Waals surface area contributed by atoms with E-state index in [2.05, 4.69) is 44.2 Å². The van der Waals surface area contributed by atoms with Crippen molar-refractivity contribution in [2.75, 3.05) is 5.75 Å². The minimum Gasteiger partial charge on any atom is -1.00 e. The molecule has 1 aromatic carbocycles. The zero-order valence-electron chi connectivity index (χ0n) is 10.5. The monoisotopic (exact) mass is 320 g/mol. The average molecular weight is 320 g/mol. The maximum atomic E-state index is 2.27. The topological polar surface area (TPSA) is 0 Å². The molecule has 0 aromatic heterocycles. The summed E-state index contributed by atoms with van der Waals surface area (Å²) in [6.07, 6.45) is 1.31. The molecule has 0 N–H and O–H groups in total. The molecule has 0 saturated heterocycles. The van der Waals surface area contributed by atoms with Crippen LogP contribution < -0.4 is 0 Å². The molecule has 0 heterocycles. The SMILES string of the molecule is CC(C)CCSc1ccccc1.[Ba+2].[H-].[H-]. The van der Waals surface area contributed by atoms with Gasteiger partial charge in [0.2, 0.25) is 0 Å². The van der Waals surface area contributed by atoms with Crippen molar-refractivity contribution in [2.45, 2.75) is 25.2 Å². The molecular weight excluding hydrogens is 302 g/mol. The van der Waals surface area contributed by atoms with Gasteiger partial charge in [0.25, 0.3) is 0 Å². The number of hydrogen-bond donors (Lipinski definition) is 0. The van der Waals surface area contributed by atoms with Crippen molar-refractivity contribution in [3.63, 3.8) is 0 Å². The fourth-order valence-electron chi connectivity index (χ4n) is 0.929. The van der Waals surface area contributed by atoms with Crippen molar-refractivity contribution < 1.29 is 2.85 Å². The first-order valence-electron chi connectivity index (χ1n) is 4.47. The van der Waals surface area contributed by atoms with Crippen LogP contribution in [-0.2, 0) is 0 Å². The standard InChI is InChI=1S/C11H16S.Ba.2H/c1-10(2)8-9-12-11-6-4-3-5-7-11;;;/h3-7,10H,8-9H2,1-2H3;;;/q;+2;2*-1. The van der Waals surface area contributed by atoms with Gasteiger partial charge in [0, 0.05) is 4.90 Å². The second kappa shape index (κ2) is 8.45. The summed E-state index contributed by atoms with van der Waals surface area (Å²) < 4.78 is 0. The van der Waals surface area contributed by atoms with Crippen LogP contribution in [0, 0.1) is 5.92 Å². The Bertz CT molecular complexity index is 217. The van der Waals surface area contributed by atoms with Crippen molar-refractivity contribution >= 4 is 60.6 Å². The zero-order valence-corrected chi connectivity index (χ0v) is 13.8. The summed E-state index contributed by atoms with van der Waals surface area (Å²) in [6, 6.07) is 10.6. The predicted octanol–water partition coefficient (Wildman–Crippen LogP) is 3.67. The minimum absolute atomic E-state index is 0. The number of hydrogen-bond acceptors (Lipinski definition) is 1. The Morgan fingerprint density at radius 2 is 1.85 bits per heavy atom. The molecule has 0 bridgehead atoms. The van der Waals surface area contributed by atoms with Gasteiger partial charge < -0.3 is 2.85 Å². The third-order valence-electron chi connectivity index (χ3n) is 1.71. The van der Waals surface area contributed by atoms with Crippen LogP contribution in [0.15, 0.2) is 35.2 Å². The molecule has 1 rings (SSSR count). The van der Waals surface area contributed by atoms with Gasteiger partial charge in [-0.05, 0) is 30.2 Å². The van der Waals surface area contributed by atoms with Crippen LogP contribution in [-0.4, -0.2) is 54.6 Å². The molecule has 0 aliphatic rings. The van der Waals surface area contributed by atoms with Gasteiger partial charge in [0.1, 0.15) is 0 Å². The van der Waals surface area contributed by atoms with E-state index in [4.69, 9.17) is 0 Å². The van der Waals surface area contributed by atoms with E-state index in [1.165, 1.54) is 17.1 Å². The molecule has 1 aromatic rings. The third-order valence-corrected chi connectivity index (χ3v) is 2.75. The quantitative estimate of drug-likeness (QED) is 0.603. The molecule has 0 spiro atoms. The Kier molecular flexibility index (Phi) is 9.19. The Morgan fingerprint density at radius 3 is 2.38 bits per heavy atom. The Labute approximate surface area is 129 Å². The summed E-state index contributed by atoms with van der Waals surface area (Å²) in [5.41, 5.74) is 0. The van der Waals surface area contributed by atoms with Gasteiger partial charge in [-0.3, -0.25) is 0 Å². The molecule has 0 aliphatic carbocycles. The summed E-state index contributed by atoms with van der Waals surface area (Å²) in [5, 5.41) is 0. The number of thioether (sulfide) groups is 1. The second-order valence-corrected chi connectivity index (χ2v) is 4.51. The summed E-state index contributed by atoms with van der Waals surface area (Å²) in [6.45, 7) is 4.54. The fraction of sp³-hybridized carbons (Fsp3) is 0.455. The van der Waals surface area contributed by atoms with Gasteiger partial charge in [-0.25, -0.2) is 0 Å². The maximum absolute atomic E-state index is 2.27. The maximum Gasteiger partial charge on any atom is 2.00 e. The first kappa shape index (κ1) is 14.1. The van der Waals surface area contributed by atoms with E-state index < -0.39 is 0 Å². The molecular formula is C11H18BaS. The molecule has 2 heteroatoms. The van der Waals surface area contributed by atoms with Crippen LogP contribution in [0.5, 0.6) is 0 Å². The van der Waals surface area contributed by atoms with Crippen LogP contribution in [0.25, 0.3) is 0 Å². The molecule has 0 saturated carbocycles. The predicted molar refractivity (Wildman–Crippen MR) is 64.6 cm³/mol. The Balaban J connectivity index is -0.000000480. The summed E-state index contributed by atoms with van der Waals surface area (Å²) >= 11 is 1.95. The molecule has 70 valence electrons. The van der Waals surface area contributed by atoms with Gasteiger partial charge in [-0.1, -0.05) is 32.0 Å². The third kappa shape index (κ3) is 7.12. The van der Waals surface area contributed by atoms with E-state index in [1.807, 2.05) is 11.8 Å². The van der Waals surface area contributed by atoms with Crippen LogP contribution in [0.3, 0.4) is 0 Å². The van der Waals surface area contributed by atoms with Gasteiger partial charge in [0.05, 0.1) is 0 Å². The van der Waals surface area contributed by atoms with Crippen LogP contribution in [0.2, 0.25) is 0 Å². The van der Waals surface area contributed by atoms with Gasteiger partial charge in [-0.2, -0.15) is 0 Å². The number of rotatable bonds is 4. The summed E-state index contributed by atoms with van der Waals surface area (Å²) in [5.74, 6) is 2.06. The van der Waals surface area contributed by atoms with Crippen molar-refractivity contribution in [1.29, 1.82) is 0 Å². The molecule has 0 atom stereocenters. The van der Waals surface area contributed by atoms with E-state index in [-0.39, 0.29) is 51.7 Å². The smallest absolute Gasteiger partial charge is 1.00 e. The molecule has 0 amide bonds. The zero-order chi connectivity index (χ0) is 8.81. The summed E-state index contributed by atoms with van der Waals surface area (Å²) in [7, 11) is 0. The van der Waals surface area contributed by atoms with E-state index in [0.29, 0.717) is 0 Å². The first-order valence-corrected chi connectivity index (χ1v) is 5.45. The van der Waals surface area contributed by atoms with E-state index in [1.54, 1.807) is 0 Å². The largest absolute Gasteiger partial charge is 2.00 e. The fourth-order valence-corrected chi connectivity index (χ4v) is 2.10. The second-order valence-electron chi connectivity index (χ2n) is 3.34. The molecule has 0 nitrogen and oxygen atoms in total. The van der Waals surface area contributed by atoms with Crippen LogP contribution >= 0.6 is 11.8 Å². The molecule has 0 aliphatic heterocycles. The van der Waals surface area contributed by atoms with Crippen molar-refractivity contribution in [1.82, 2.24) is 0 Å².